The van der Waals surface area contributed by atoms with Gasteiger partial charge in [0.1, 0.15) is 6.61 Å². The van der Waals surface area contributed by atoms with Crippen molar-refractivity contribution in [3.8, 4) is 5.88 Å². The van der Waals surface area contributed by atoms with Crippen LogP contribution in [0.15, 0.2) is 18.6 Å². The highest BCUT2D eigenvalue weighted by molar-refractivity contribution is 5.00. The van der Waals surface area contributed by atoms with Gasteiger partial charge in [0, 0.05) is 25.5 Å². The summed E-state index contributed by atoms with van der Waals surface area (Å²) in [5, 5.41) is 13.3. The molecule has 2 N–H and O–H groups in total. The van der Waals surface area contributed by atoms with E-state index in [0.717, 1.165) is 25.7 Å². The third-order valence-corrected chi connectivity index (χ3v) is 3.06. The van der Waals surface area contributed by atoms with Gasteiger partial charge in [-0.05, 0) is 12.8 Å². The molecule has 1 aliphatic rings. The van der Waals surface area contributed by atoms with Gasteiger partial charge in [-0.3, -0.25) is 4.98 Å². The van der Waals surface area contributed by atoms with E-state index in [9.17, 15) is 5.11 Å². The summed E-state index contributed by atoms with van der Waals surface area (Å²) < 4.78 is 5.39. The lowest BCUT2D eigenvalue weighted by Gasteiger charge is -2.22. The fourth-order valence-corrected chi connectivity index (χ4v) is 2.12. The zero-order valence-corrected chi connectivity index (χ0v) is 9.93. The molecule has 0 spiro atoms. The van der Waals surface area contributed by atoms with Crippen LogP contribution in [0.5, 0.6) is 5.88 Å². The van der Waals surface area contributed by atoms with E-state index in [1.54, 1.807) is 18.6 Å². The van der Waals surface area contributed by atoms with Crippen LogP contribution < -0.4 is 10.1 Å². The average Bonchev–Trinajstić information content (AvgIpc) is 2.77. The highest BCUT2D eigenvalue weighted by Crippen LogP contribution is 2.28. The summed E-state index contributed by atoms with van der Waals surface area (Å²) in [5.74, 6) is 0.536. The quantitative estimate of drug-likeness (QED) is 0.715. The molecule has 0 bridgehead atoms. The summed E-state index contributed by atoms with van der Waals surface area (Å²) in [7, 11) is 0. The molecule has 0 amide bonds. The molecular weight excluding hydrogens is 218 g/mol. The number of rotatable bonds is 6. The second-order valence-corrected chi connectivity index (χ2v) is 4.50. The average molecular weight is 237 g/mol. The van der Waals surface area contributed by atoms with Crippen LogP contribution in [0.1, 0.15) is 25.7 Å². The van der Waals surface area contributed by atoms with Gasteiger partial charge < -0.3 is 15.2 Å². The predicted molar refractivity (Wildman–Crippen MR) is 63.8 cm³/mol. The summed E-state index contributed by atoms with van der Waals surface area (Å²) in [6, 6.07) is 0. The van der Waals surface area contributed by atoms with Gasteiger partial charge in [-0.15, -0.1) is 0 Å². The monoisotopic (exact) mass is 237 g/mol. The molecule has 5 nitrogen and oxygen atoms in total. The minimum Gasteiger partial charge on any atom is -0.475 e. The maximum Gasteiger partial charge on any atom is 0.232 e. The Morgan fingerprint density at radius 3 is 2.88 bits per heavy atom. The molecule has 0 atom stereocenters. The van der Waals surface area contributed by atoms with Gasteiger partial charge in [-0.1, -0.05) is 12.8 Å². The molecule has 2 rings (SSSR count). The Morgan fingerprint density at radius 2 is 2.18 bits per heavy atom. The summed E-state index contributed by atoms with van der Waals surface area (Å²) in [4.78, 5) is 7.92. The van der Waals surface area contributed by atoms with E-state index in [0.29, 0.717) is 25.6 Å². The topological polar surface area (TPSA) is 67.3 Å². The smallest absolute Gasteiger partial charge is 0.232 e. The Labute approximate surface area is 101 Å². The molecule has 0 radical (unpaired) electrons. The number of ether oxygens (including phenoxy) is 1. The molecule has 0 aromatic carbocycles. The van der Waals surface area contributed by atoms with Crippen molar-refractivity contribution in [1.82, 2.24) is 15.3 Å². The first-order chi connectivity index (χ1) is 8.29. The molecule has 0 unspecified atom stereocenters. The zero-order chi connectivity index (χ0) is 12.0. The van der Waals surface area contributed by atoms with Crippen molar-refractivity contribution in [1.29, 1.82) is 0 Å². The second kappa shape index (κ2) is 5.93. The molecule has 1 fully saturated rings. The Hall–Kier alpha value is -1.20. The van der Waals surface area contributed by atoms with E-state index >= 15 is 0 Å². The molecule has 1 aromatic heterocycles. The van der Waals surface area contributed by atoms with Crippen LogP contribution in [-0.4, -0.2) is 40.4 Å². The fraction of sp³-hybridized carbons (Fsp3) is 0.667. The van der Waals surface area contributed by atoms with E-state index in [1.807, 2.05) is 0 Å². The van der Waals surface area contributed by atoms with E-state index in [2.05, 4.69) is 15.3 Å². The summed E-state index contributed by atoms with van der Waals surface area (Å²) in [6.07, 6.45) is 8.88. The number of hydrogen-bond acceptors (Lipinski definition) is 5. The van der Waals surface area contributed by atoms with E-state index < -0.39 is 5.60 Å². The molecular formula is C12H19N3O2. The van der Waals surface area contributed by atoms with Crippen LogP contribution in [-0.2, 0) is 0 Å². The lowest BCUT2D eigenvalue weighted by atomic mass is 10.0. The number of nitrogens with zero attached hydrogens (tertiary/aromatic N) is 2. The van der Waals surface area contributed by atoms with Crippen LogP contribution in [0.3, 0.4) is 0 Å². The van der Waals surface area contributed by atoms with Crippen LogP contribution in [0.4, 0.5) is 0 Å². The Kier molecular flexibility index (Phi) is 4.28. The molecule has 1 aliphatic carbocycles. The zero-order valence-electron chi connectivity index (χ0n) is 9.93. The summed E-state index contributed by atoms with van der Waals surface area (Å²) >= 11 is 0. The van der Waals surface area contributed by atoms with Gasteiger partial charge in [-0.2, -0.15) is 0 Å². The third-order valence-electron chi connectivity index (χ3n) is 3.06. The lowest BCUT2D eigenvalue weighted by Crippen LogP contribution is -2.39. The first-order valence-corrected chi connectivity index (χ1v) is 6.10. The highest BCUT2D eigenvalue weighted by Gasteiger charge is 2.30. The van der Waals surface area contributed by atoms with Crippen LogP contribution in [0, 0.1) is 0 Å². The molecule has 1 heterocycles. The molecule has 1 aromatic rings. The molecule has 94 valence electrons. The van der Waals surface area contributed by atoms with E-state index in [1.165, 1.54) is 0 Å². The van der Waals surface area contributed by atoms with E-state index in [4.69, 9.17) is 4.74 Å². The largest absolute Gasteiger partial charge is 0.475 e. The van der Waals surface area contributed by atoms with E-state index in [-0.39, 0.29) is 0 Å². The molecule has 17 heavy (non-hydrogen) atoms. The van der Waals surface area contributed by atoms with Crippen LogP contribution >= 0.6 is 0 Å². The Bertz CT molecular complexity index is 326. The maximum atomic E-state index is 10.1. The maximum absolute atomic E-state index is 10.1. The highest BCUT2D eigenvalue weighted by atomic mass is 16.5. The first-order valence-electron chi connectivity index (χ1n) is 6.10. The molecule has 0 aliphatic heterocycles. The fourth-order valence-electron chi connectivity index (χ4n) is 2.12. The predicted octanol–water partition coefficient (Wildman–Crippen LogP) is 0.750. The van der Waals surface area contributed by atoms with Gasteiger partial charge in [0.15, 0.2) is 0 Å². The number of nitrogens with one attached hydrogen (secondary N) is 1. The summed E-state index contributed by atoms with van der Waals surface area (Å²) in [5.41, 5.74) is -0.493. The van der Waals surface area contributed by atoms with Gasteiger partial charge in [0.2, 0.25) is 5.88 Å². The van der Waals surface area contributed by atoms with Gasteiger partial charge in [-0.25, -0.2) is 4.98 Å². The Balaban J connectivity index is 1.58. The van der Waals surface area contributed by atoms with Crippen molar-refractivity contribution in [3.63, 3.8) is 0 Å². The second-order valence-electron chi connectivity index (χ2n) is 4.50. The van der Waals surface area contributed by atoms with Crippen LogP contribution in [0.25, 0.3) is 0 Å². The molecule has 1 saturated carbocycles. The van der Waals surface area contributed by atoms with Gasteiger partial charge in [0.25, 0.3) is 0 Å². The number of aromatic nitrogens is 2. The SMILES string of the molecule is OC1(CNCCOc2cnccn2)CCCC1. The standard InChI is InChI=1S/C12H19N3O2/c16-12(3-1-2-4-12)10-14-7-8-17-11-9-13-5-6-15-11/h5-6,9,14,16H,1-4,7-8,10H2. The van der Waals surface area contributed by atoms with Gasteiger partial charge >= 0.3 is 0 Å². The van der Waals surface area contributed by atoms with Crippen molar-refractivity contribution in [2.45, 2.75) is 31.3 Å². The summed E-state index contributed by atoms with van der Waals surface area (Å²) in [6.45, 7) is 1.89. The third kappa shape index (κ3) is 3.94. The molecule has 0 saturated heterocycles. The molecule has 5 heteroatoms. The van der Waals surface area contributed by atoms with Crippen molar-refractivity contribution < 1.29 is 9.84 Å². The van der Waals surface area contributed by atoms with Crippen molar-refractivity contribution in [2.24, 2.45) is 0 Å². The van der Waals surface area contributed by atoms with Gasteiger partial charge in [0.05, 0.1) is 11.8 Å². The Morgan fingerprint density at radius 1 is 1.35 bits per heavy atom. The van der Waals surface area contributed by atoms with Crippen molar-refractivity contribution in [3.05, 3.63) is 18.6 Å². The lowest BCUT2D eigenvalue weighted by molar-refractivity contribution is 0.0471. The minimum atomic E-state index is -0.493. The first kappa shape index (κ1) is 12.3. The number of aliphatic hydroxyl groups is 1. The van der Waals surface area contributed by atoms with Crippen molar-refractivity contribution in [2.75, 3.05) is 19.7 Å². The van der Waals surface area contributed by atoms with Crippen LogP contribution in [0.2, 0.25) is 0 Å². The number of hydrogen-bond donors (Lipinski definition) is 2. The normalized spacial score (nSPS) is 18.2. The minimum absolute atomic E-state index is 0.493. The van der Waals surface area contributed by atoms with Crippen molar-refractivity contribution >= 4 is 0 Å².